The molecule has 2 saturated heterocycles. The van der Waals surface area contributed by atoms with Gasteiger partial charge in [0.05, 0.1) is 18.3 Å². The van der Waals surface area contributed by atoms with Gasteiger partial charge in [0.1, 0.15) is 6.10 Å². The van der Waals surface area contributed by atoms with Crippen LogP contribution in [0, 0.1) is 0 Å². The molecule has 6 heteroatoms. The van der Waals surface area contributed by atoms with E-state index in [9.17, 15) is 4.79 Å². The van der Waals surface area contributed by atoms with E-state index in [1.807, 2.05) is 4.90 Å². The van der Waals surface area contributed by atoms with Crippen molar-refractivity contribution in [2.45, 2.75) is 62.9 Å². The number of carbonyl (C=O) groups excluding carboxylic acids is 1. The van der Waals surface area contributed by atoms with Crippen LogP contribution in [0.3, 0.4) is 0 Å². The van der Waals surface area contributed by atoms with E-state index in [1.165, 1.54) is 0 Å². The number of hydrogen-bond acceptors (Lipinski definition) is 5. The molecule has 23 heavy (non-hydrogen) atoms. The summed E-state index contributed by atoms with van der Waals surface area (Å²) in [5.41, 5.74) is 0. The first-order chi connectivity index (χ1) is 11.1. The minimum atomic E-state index is -0.138. The molecule has 0 spiro atoms. The van der Waals surface area contributed by atoms with Crippen LogP contribution in [0.5, 0.6) is 0 Å². The van der Waals surface area contributed by atoms with Crippen molar-refractivity contribution in [3.8, 4) is 0 Å². The predicted octanol–water partition coefficient (Wildman–Crippen LogP) is 1.88. The van der Waals surface area contributed by atoms with Crippen molar-refractivity contribution >= 4 is 6.09 Å². The second-order valence-electron chi connectivity index (χ2n) is 7.16. The molecule has 3 rings (SSSR count). The summed E-state index contributed by atoms with van der Waals surface area (Å²) in [4.78, 5) is 16.4. The lowest BCUT2D eigenvalue weighted by Crippen LogP contribution is -2.46. The van der Waals surface area contributed by atoms with Crippen molar-refractivity contribution < 1.29 is 19.0 Å². The first-order valence-electron chi connectivity index (χ1n) is 8.96. The van der Waals surface area contributed by atoms with Gasteiger partial charge in [0.2, 0.25) is 0 Å². The summed E-state index contributed by atoms with van der Waals surface area (Å²) in [6, 6.07) is 0. The average Bonchev–Trinajstić information content (AvgIpc) is 2.53. The molecular formula is C17H30N2O4. The lowest BCUT2D eigenvalue weighted by Gasteiger charge is -2.39. The van der Waals surface area contributed by atoms with Gasteiger partial charge in [-0.1, -0.05) is 0 Å². The molecule has 0 aromatic carbocycles. The highest BCUT2D eigenvalue weighted by molar-refractivity contribution is 5.67. The topological polar surface area (TPSA) is 51.2 Å². The second kappa shape index (κ2) is 7.81. The number of ether oxygens (including phenoxy) is 3. The van der Waals surface area contributed by atoms with Crippen molar-refractivity contribution in [2.24, 2.45) is 0 Å². The van der Waals surface area contributed by atoms with E-state index < -0.39 is 0 Å². The summed E-state index contributed by atoms with van der Waals surface area (Å²) in [6.07, 6.45) is 6.71. The third-order valence-corrected chi connectivity index (χ3v) is 5.40. The molecule has 6 nitrogen and oxygen atoms in total. The Balaban J connectivity index is 1.33. The number of hydrogen-bond donors (Lipinski definition) is 0. The number of rotatable bonds is 4. The molecule has 3 aliphatic rings. The molecule has 3 fully saturated rings. The molecule has 0 N–H and O–H groups in total. The van der Waals surface area contributed by atoms with Gasteiger partial charge < -0.3 is 24.0 Å². The summed E-state index contributed by atoms with van der Waals surface area (Å²) < 4.78 is 17.0. The van der Waals surface area contributed by atoms with Gasteiger partial charge in [-0.3, -0.25) is 0 Å². The monoisotopic (exact) mass is 326 g/mol. The number of nitrogens with zero attached hydrogens (tertiary/aromatic N) is 2. The minimum absolute atomic E-state index is 0.0913. The summed E-state index contributed by atoms with van der Waals surface area (Å²) in [5, 5.41) is 0. The van der Waals surface area contributed by atoms with E-state index in [0.717, 1.165) is 64.7 Å². The maximum absolute atomic E-state index is 12.3. The normalized spacial score (nSPS) is 31.0. The van der Waals surface area contributed by atoms with Crippen molar-refractivity contribution in [1.29, 1.82) is 0 Å². The average molecular weight is 326 g/mol. The van der Waals surface area contributed by atoms with Crippen LogP contribution in [-0.4, -0.2) is 80.6 Å². The van der Waals surface area contributed by atoms with Gasteiger partial charge in [-0.05, 0) is 45.6 Å². The smallest absolute Gasteiger partial charge is 0.410 e. The van der Waals surface area contributed by atoms with Crippen molar-refractivity contribution in [3.63, 3.8) is 0 Å². The molecule has 0 atom stereocenters. The molecule has 0 radical (unpaired) electrons. The van der Waals surface area contributed by atoms with Crippen LogP contribution in [0.25, 0.3) is 0 Å². The van der Waals surface area contributed by atoms with E-state index in [0.29, 0.717) is 12.2 Å². The van der Waals surface area contributed by atoms with Gasteiger partial charge in [0.15, 0.2) is 0 Å². The Bertz CT molecular complexity index is 384. The molecule has 2 heterocycles. The van der Waals surface area contributed by atoms with Gasteiger partial charge in [-0.2, -0.15) is 0 Å². The molecule has 132 valence electrons. The lowest BCUT2D eigenvalue weighted by molar-refractivity contribution is -0.125. The third-order valence-electron chi connectivity index (χ3n) is 5.40. The summed E-state index contributed by atoms with van der Waals surface area (Å²) >= 11 is 0. The number of methoxy groups -OCH3 is 1. The first kappa shape index (κ1) is 17.0. The highest BCUT2D eigenvalue weighted by Gasteiger charge is 2.34. The maximum Gasteiger partial charge on any atom is 0.410 e. The number of amides is 1. The Morgan fingerprint density at radius 2 is 1.48 bits per heavy atom. The second-order valence-corrected chi connectivity index (χ2v) is 7.16. The fourth-order valence-electron chi connectivity index (χ4n) is 3.59. The summed E-state index contributed by atoms with van der Waals surface area (Å²) in [6.45, 7) is 3.52. The van der Waals surface area contributed by atoms with Crippen LogP contribution < -0.4 is 0 Å². The molecular weight excluding hydrogens is 296 g/mol. The first-order valence-corrected chi connectivity index (χ1v) is 8.96. The van der Waals surface area contributed by atoms with Crippen molar-refractivity contribution in [1.82, 2.24) is 9.80 Å². The minimum Gasteiger partial charge on any atom is -0.446 e. The highest BCUT2D eigenvalue weighted by atomic mass is 16.6. The zero-order valence-corrected chi connectivity index (χ0v) is 14.4. The molecule has 1 aliphatic carbocycles. The Labute approximate surface area is 139 Å². The van der Waals surface area contributed by atoms with Crippen LogP contribution in [0.1, 0.15) is 38.5 Å². The predicted molar refractivity (Wildman–Crippen MR) is 86.5 cm³/mol. The largest absolute Gasteiger partial charge is 0.446 e. The zero-order chi connectivity index (χ0) is 16.2. The van der Waals surface area contributed by atoms with E-state index in [1.54, 1.807) is 7.11 Å². The Kier molecular flexibility index (Phi) is 5.77. The van der Waals surface area contributed by atoms with Crippen LogP contribution in [0.2, 0.25) is 0 Å². The summed E-state index contributed by atoms with van der Waals surface area (Å²) in [5.74, 6) is 0. The highest BCUT2D eigenvalue weighted by Crippen LogP contribution is 2.29. The zero-order valence-electron chi connectivity index (χ0n) is 14.4. The van der Waals surface area contributed by atoms with Gasteiger partial charge in [-0.25, -0.2) is 4.79 Å². The fourth-order valence-corrected chi connectivity index (χ4v) is 3.59. The van der Waals surface area contributed by atoms with Crippen LogP contribution in [0.4, 0.5) is 4.79 Å². The Morgan fingerprint density at radius 3 is 2.09 bits per heavy atom. The van der Waals surface area contributed by atoms with Gasteiger partial charge in [0, 0.05) is 33.3 Å². The van der Waals surface area contributed by atoms with E-state index in [2.05, 4.69) is 11.9 Å². The molecule has 0 aromatic rings. The van der Waals surface area contributed by atoms with Gasteiger partial charge in [0.25, 0.3) is 0 Å². The molecule has 0 bridgehead atoms. The summed E-state index contributed by atoms with van der Waals surface area (Å²) in [7, 11) is 3.87. The lowest BCUT2D eigenvalue weighted by atomic mass is 9.91. The van der Waals surface area contributed by atoms with Gasteiger partial charge in [-0.15, -0.1) is 0 Å². The van der Waals surface area contributed by atoms with Crippen LogP contribution >= 0.6 is 0 Å². The maximum atomic E-state index is 12.3. The van der Waals surface area contributed by atoms with Crippen LogP contribution in [0.15, 0.2) is 0 Å². The van der Waals surface area contributed by atoms with Crippen molar-refractivity contribution in [2.75, 3.05) is 40.3 Å². The SMILES string of the molecule is COC1CC(OC2CCN(C(=O)OC3CCN(C)CC3)CC2)C1. The number of likely N-dealkylation sites (tertiary alicyclic amines) is 2. The van der Waals surface area contributed by atoms with Crippen molar-refractivity contribution in [3.05, 3.63) is 0 Å². The standard InChI is InChI=1S/C17H30N2O4/c1-18-7-3-14(4-8-18)23-17(20)19-9-5-13(6-10-19)22-16-11-15(12-16)21-2/h13-16H,3-12H2,1-2H3. The van der Waals surface area contributed by atoms with E-state index in [-0.39, 0.29) is 18.3 Å². The molecule has 1 amide bonds. The van der Waals surface area contributed by atoms with Crippen LogP contribution in [-0.2, 0) is 14.2 Å². The molecule has 0 aromatic heterocycles. The Morgan fingerprint density at radius 1 is 0.870 bits per heavy atom. The molecule has 0 unspecified atom stereocenters. The molecule has 1 saturated carbocycles. The Hall–Kier alpha value is -0.850. The molecule has 2 aliphatic heterocycles. The number of carbonyl (C=O) groups is 1. The van der Waals surface area contributed by atoms with E-state index in [4.69, 9.17) is 14.2 Å². The number of piperidine rings is 2. The fraction of sp³-hybridized carbons (Fsp3) is 0.941. The third kappa shape index (κ3) is 4.58. The quantitative estimate of drug-likeness (QED) is 0.789. The van der Waals surface area contributed by atoms with E-state index >= 15 is 0 Å². The van der Waals surface area contributed by atoms with Gasteiger partial charge >= 0.3 is 6.09 Å².